The molecule has 0 aliphatic heterocycles. The summed E-state index contributed by atoms with van der Waals surface area (Å²) < 4.78 is 68.8. The smallest absolute Gasteiger partial charge is 0.437 e. The predicted octanol–water partition coefficient (Wildman–Crippen LogP) is 2.33. The van der Waals surface area contributed by atoms with Crippen LogP contribution in [0.4, 0.5) is 13.2 Å². The summed E-state index contributed by atoms with van der Waals surface area (Å²) in [5.41, 5.74) is -1.77. The lowest BCUT2D eigenvalue weighted by molar-refractivity contribution is -0.0596. The Balaban J connectivity index is 3.12. The van der Waals surface area contributed by atoms with Gasteiger partial charge in [-0.15, -0.1) is 0 Å². The van der Waals surface area contributed by atoms with Gasteiger partial charge < -0.3 is 4.74 Å². The first kappa shape index (κ1) is 16.3. The molecule has 0 spiro atoms. The second kappa shape index (κ2) is 6.12. The van der Waals surface area contributed by atoms with E-state index >= 15 is 0 Å². The van der Waals surface area contributed by atoms with Crippen LogP contribution in [-0.2, 0) is 14.4 Å². The standard InChI is InChI=1S/C11H12F3NO4S/c1-3-18-9-6-4-8(5-7-9)10(11(12,13)14)15-19-20(2,16)17/h4-7H,3H2,1-2H3/b15-10+. The van der Waals surface area contributed by atoms with E-state index in [0.29, 0.717) is 18.6 Å². The van der Waals surface area contributed by atoms with Gasteiger partial charge in [-0.2, -0.15) is 21.6 Å². The maximum absolute atomic E-state index is 12.8. The molecule has 0 aliphatic rings. The highest BCUT2D eigenvalue weighted by atomic mass is 32.2. The molecule has 0 aromatic heterocycles. The molecule has 112 valence electrons. The number of oxime groups is 1. The second-order valence-electron chi connectivity index (χ2n) is 3.67. The molecule has 0 fully saturated rings. The summed E-state index contributed by atoms with van der Waals surface area (Å²) in [7, 11) is -4.12. The zero-order valence-corrected chi connectivity index (χ0v) is 11.5. The first-order valence-corrected chi connectivity index (χ1v) is 7.22. The SMILES string of the molecule is CCOc1ccc(/C(=N\OS(C)(=O)=O)C(F)(F)F)cc1. The molecule has 1 rings (SSSR count). The minimum atomic E-state index is -4.85. The van der Waals surface area contributed by atoms with Crippen LogP contribution < -0.4 is 4.74 Å². The van der Waals surface area contributed by atoms with Gasteiger partial charge in [0.25, 0.3) is 0 Å². The number of rotatable bonds is 5. The Morgan fingerprint density at radius 2 is 1.80 bits per heavy atom. The number of hydrogen-bond donors (Lipinski definition) is 0. The molecule has 1 aromatic carbocycles. The van der Waals surface area contributed by atoms with E-state index in [1.54, 1.807) is 6.92 Å². The van der Waals surface area contributed by atoms with Gasteiger partial charge in [0.05, 0.1) is 12.9 Å². The Morgan fingerprint density at radius 3 is 2.20 bits per heavy atom. The summed E-state index contributed by atoms with van der Waals surface area (Å²) in [4.78, 5) is 0. The lowest BCUT2D eigenvalue weighted by Gasteiger charge is -2.10. The molecule has 0 amide bonds. The minimum Gasteiger partial charge on any atom is -0.494 e. The third-order valence-electron chi connectivity index (χ3n) is 1.97. The highest BCUT2D eigenvalue weighted by Gasteiger charge is 2.38. The topological polar surface area (TPSA) is 65.0 Å². The molecule has 0 aliphatic carbocycles. The van der Waals surface area contributed by atoms with Gasteiger partial charge in [-0.05, 0) is 31.2 Å². The number of nitrogens with zero attached hydrogens (tertiary/aromatic N) is 1. The van der Waals surface area contributed by atoms with E-state index in [-0.39, 0.29) is 5.56 Å². The van der Waals surface area contributed by atoms with Gasteiger partial charge in [0.2, 0.25) is 0 Å². The predicted molar refractivity (Wildman–Crippen MR) is 66.1 cm³/mol. The highest BCUT2D eigenvalue weighted by molar-refractivity contribution is 7.85. The van der Waals surface area contributed by atoms with Crippen molar-refractivity contribution in [3.8, 4) is 5.75 Å². The van der Waals surface area contributed by atoms with E-state index in [2.05, 4.69) is 9.44 Å². The molecule has 0 atom stereocenters. The molecule has 0 N–H and O–H groups in total. The van der Waals surface area contributed by atoms with Crippen molar-refractivity contribution in [2.45, 2.75) is 13.1 Å². The van der Waals surface area contributed by atoms with Crippen LogP contribution in [0.25, 0.3) is 0 Å². The molecule has 0 heterocycles. The molecule has 0 saturated heterocycles. The Kier molecular flexibility index (Phi) is 4.98. The quantitative estimate of drug-likeness (QED) is 0.618. The number of halogens is 3. The largest absolute Gasteiger partial charge is 0.494 e. The van der Waals surface area contributed by atoms with Crippen molar-refractivity contribution in [3.63, 3.8) is 0 Å². The summed E-state index contributed by atoms with van der Waals surface area (Å²) in [6.45, 7) is 2.10. The van der Waals surface area contributed by atoms with Crippen LogP contribution in [0.1, 0.15) is 12.5 Å². The molecule has 1 aromatic rings. The molecule has 0 saturated carbocycles. The van der Waals surface area contributed by atoms with Gasteiger partial charge in [0.15, 0.2) is 5.71 Å². The molecule has 9 heteroatoms. The summed E-state index contributed by atoms with van der Waals surface area (Å²) >= 11 is 0. The van der Waals surface area contributed by atoms with Gasteiger partial charge in [0, 0.05) is 5.56 Å². The van der Waals surface area contributed by atoms with Crippen molar-refractivity contribution in [1.82, 2.24) is 0 Å². The van der Waals surface area contributed by atoms with Crippen LogP contribution in [0.15, 0.2) is 29.4 Å². The van der Waals surface area contributed by atoms with Gasteiger partial charge in [-0.1, -0.05) is 5.16 Å². The summed E-state index contributed by atoms with van der Waals surface area (Å²) in [5.74, 6) is 0.391. The van der Waals surface area contributed by atoms with E-state index in [4.69, 9.17) is 4.74 Å². The number of benzene rings is 1. The average Bonchev–Trinajstić information content (AvgIpc) is 2.28. The fourth-order valence-electron chi connectivity index (χ4n) is 1.25. The molecule has 0 bridgehead atoms. The van der Waals surface area contributed by atoms with Gasteiger partial charge in [-0.25, -0.2) is 0 Å². The molecule has 0 radical (unpaired) electrons. The van der Waals surface area contributed by atoms with Crippen LogP contribution in [-0.4, -0.2) is 33.2 Å². The monoisotopic (exact) mass is 311 g/mol. The first-order valence-electron chi connectivity index (χ1n) is 5.40. The van der Waals surface area contributed by atoms with Crippen molar-refractivity contribution in [2.75, 3.05) is 12.9 Å². The molecular weight excluding hydrogens is 299 g/mol. The lowest BCUT2D eigenvalue weighted by atomic mass is 10.1. The third-order valence-corrected chi connectivity index (χ3v) is 2.32. The first-order chi connectivity index (χ1) is 9.13. The fraction of sp³-hybridized carbons (Fsp3) is 0.364. The number of hydrogen-bond acceptors (Lipinski definition) is 5. The van der Waals surface area contributed by atoms with Crippen molar-refractivity contribution in [1.29, 1.82) is 0 Å². The summed E-state index contributed by atoms with van der Waals surface area (Å²) in [5, 5.41) is 2.68. The Bertz CT molecular complexity index is 579. The van der Waals surface area contributed by atoms with Crippen LogP contribution >= 0.6 is 0 Å². The van der Waals surface area contributed by atoms with E-state index in [0.717, 1.165) is 12.1 Å². The lowest BCUT2D eigenvalue weighted by Crippen LogP contribution is -2.24. The van der Waals surface area contributed by atoms with E-state index < -0.39 is 22.0 Å². The molecule has 0 unspecified atom stereocenters. The van der Waals surface area contributed by atoms with Crippen molar-refractivity contribution >= 4 is 15.8 Å². The summed E-state index contributed by atoms with van der Waals surface area (Å²) in [6.07, 6.45) is -4.25. The van der Waals surface area contributed by atoms with Gasteiger partial charge >= 0.3 is 16.3 Å². The molecule has 5 nitrogen and oxygen atoms in total. The van der Waals surface area contributed by atoms with Crippen LogP contribution in [0.2, 0.25) is 0 Å². The van der Waals surface area contributed by atoms with Gasteiger partial charge in [-0.3, -0.25) is 4.28 Å². The maximum atomic E-state index is 12.8. The zero-order valence-electron chi connectivity index (χ0n) is 10.6. The average molecular weight is 311 g/mol. The van der Waals surface area contributed by atoms with E-state index in [9.17, 15) is 21.6 Å². The van der Waals surface area contributed by atoms with Gasteiger partial charge in [0.1, 0.15) is 5.75 Å². The Morgan fingerprint density at radius 1 is 1.25 bits per heavy atom. The van der Waals surface area contributed by atoms with Crippen molar-refractivity contribution < 1.29 is 30.6 Å². The Labute approximate surface area is 114 Å². The normalized spacial score (nSPS) is 13.2. The second-order valence-corrected chi connectivity index (χ2v) is 5.23. The van der Waals surface area contributed by atoms with Crippen LogP contribution in [0.5, 0.6) is 5.75 Å². The number of alkyl halides is 3. The molecule has 20 heavy (non-hydrogen) atoms. The van der Waals surface area contributed by atoms with E-state index in [1.165, 1.54) is 12.1 Å². The molecular formula is C11H12F3NO4S. The summed E-state index contributed by atoms with van der Waals surface area (Å²) in [6, 6.07) is 4.87. The van der Waals surface area contributed by atoms with Crippen molar-refractivity contribution in [3.05, 3.63) is 29.8 Å². The van der Waals surface area contributed by atoms with E-state index in [1.807, 2.05) is 0 Å². The van der Waals surface area contributed by atoms with Crippen molar-refractivity contribution in [2.24, 2.45) is 5.16 Å². The highest BCUT2D eigenvalue weighted by Crippen LogP contribution is 2.24. The Hall–Kier alpha value is -1.77. The zero-order chi connectivity index (χ0) is 15.4. The minimum absolute atomic E-state index is 0.329. The van der Waals surface area contributed by atoms with Crippen LogP contribution in [0, 0.1) is 0 Å². The maximum Gasteiger partial charge on any atom is 0.437 e. The fourth-order valence-corrected chi connectivity index (χ4v) is 1.46. The third kappa shape index (κ3) is 5.08. The number of ether oxygens (including phenoxy) is 1. The van der Waals surface area contributed by atoms with Crippen LogP contribution in [0.3, 0.4) is 0 Å².